The lowest BCUT2D eigenvalue weighted by molar-refractivity contribution is -0.148. The van der Waals surface area contributed by atoms with Crippen molar-refractivity contribution in [3.05, 3.63) is 11.1 Å². The summed E-state index contributed by atoms with van der Waals surface area (Å²) in [5.74, 6) is 2.32. The summed E-state index contributed by atoms with van der Waals surface area (Å²) < 4.78 is 5.29. The van der Waals surface area contributed by atoms with Gasteiger partial charge in [-0.3, -0.25) is 4.79 Å². The van der Waals surface area contributed by atoms with Gasteiger partial charge < -0.3 is 9.84 Å². The predicted molar refractivity (Wildman–Crippen MR) is 61.6 cm³/mol. The molecule has 1 N–H and O–H groups in total. The van der Waals surface area contributed by atoms with Crippen LogP contribution in [0.15, 0.2) is 11.1 Å². The quantitative estimate of drug-likeness (QED) is 0.585. The molecule has 0 aromatic heterocycles. The van der Waals surface area contributed by atoms with Crippen LogP contribution in [0.1, 0.15) is 39.5 Å². The number of rotatable bonds is 3. The van der Waals surface area contributed by atoms with Crippen molar-refractivity contribution >= 4 is 5.97 Å². The van der Waals surface area contributed by atoms with Crippen molar-refractivity contribution in [3.8, 4) is 12.3 Å². The summed E-state index contributed by atoms with van der Waals surface area (Å²) in [5.41, 5.74) is 1.66. The largest absolute Gasteiger partial charge is 0.458 e. The summed E-state index contributed by atoms with van der Waals surface area (Å²) >= 11 is 0. The van der Waals surface area contributed by atoms with Gasteiger partial charge in [-0.15, -0.1) is 6.42 Å². The molecular weight excluding hydrogens is 204 g/mol. The molecule has 0 spiro atoms. The van der Waals surface area contributed by atoms with E-state index in [4.69, 9.17) is 11.2 Å². The third kappa shape index (κ3) is 3.11. The molecule has 0 aliphatic heterocycles. The Kier molecular flexibility index (Phi) is 4.57. The number of aliphatic hydroxyl groups excluding tert-OH is 1. The van der Waals surface area contributed by atoms with Gasteiger partial charge in [0.15, 0.2) is 0 Å². The van der Waals surface area contributed by atoms with E-state index in [1.807, 2.05) is 13.8 Å². The molecule has 0 saturated carbocycles. The Hall–Kier alpha value is -1.27. The minimum atomic E-state index is -0.505. The molecular formula is C13H18O3. The number of ether oxygens (including phenoxy) is 1. The van der Waals surface area contributed by atoms with Gasteiger partial charge in [-0.2, -0.15) is 0 Å². The van der Waals surface area contributed by atoms with Gasteiger partial charge in [0.05, 0.1) is 6.10 Å². The summed E-state index contributed by atoms with van der Waals surface area (Å²) in [4.78, 5) is 11.4. The fourth-order valence-electron chi connectivity index (χ4n) is 1.83. The van der Waals surface area contributed by atoms with E-state index >= 15 is 0 Å². The average Bonchev–Trinajstić information content (AvgIpc) is 2.23. The standard InChI is InChI=1S/C13H18O3/c1-4-6-13(15)16-12-8-11(14)7-10(5-2)9(12)3/h2,11-12,14H,4,6-8H2,1,3H3/t11-,12+/m1/s1. The lowest BCUT2D eigenvalue weighted by Gasteiger charge is -2.27. The van der Waals surface area contributed by atoms with Crippen molar-refractivity contribution in [2.75, 3.05) is 0 Å². The van der Waals surface area contributed by atoms with E-state index in [9.17, 15) is 9.90 Å². The van der Waals surface area contributed by atoms with Crippen molar-refractivity contribution in [2.45, 2.75) is 51.7 Å². The Morgan fingerprint density at radius 2 is 2.38 bits per heavy atom. The van der Waals surface area contributed by atoms with Gasteiger partial charge >= 0.3 is 5.97 Å². The third-order valence-electron chi connectivity index (χ3n) is 2.79. The molecule has 0 radical (unpaired) electrons. The van der Waals surface area contributed by atoms with E-state index in [0.29, 0.717) is 19.3 Å². The molecule has 16 heavy (non-hydrogen) atoms. The van der Waals surface area contributed by atoms with E-state index in [-0.39, 0.29) is 12.1 Å². The maximum Gasteiger partial charge on any atom is 0.306 e. The molecule has 0 aromatic carbocycles. The third-order valence-corrected chi connectivity index (χ3v) is 2.79. The molecule has 2 atom stereocenters. The Balaban J connectivity index is 2.72. The van der Waals surface area contributed by atoms with Gasteiger partial charge in [0.25, 0.3) is 0 Å². The molecule has 3 heteroatoms. The van der Waals surface area contributed by atoms with Crippen molar-refractivity contribution in [2.24, 2.45) is 0 Å². The predicted octanol–water partition coefficient (Wildman–Crippen LogP) is 1.80. The normalized spacial score (nSPS) is 25.1. The van der Waals surface area contributed by atoms with Crippen molar-refractivity contribution in [1.82, 2.24) is 0 Å². The zero-order valence-electron chi connectivity index (χ0n) is 9.82. The highest BCUT2D eigenvalue weighted by molar-refractivity contribution is 5.69. The number of carbonyl (C=O) groups is 1. The minimum Gasteiger partial charge on any atom is -0.458 e. The van der Waals surface area contributed by atoms with Crippen LogP contribution in [0.25, 0.3) is 0 Å². The zero-order valence-corrected chi connectivity index (χ0v) is 9.82. The number of carbonyl (C=O) groups excluding carboxylic acids is 1. The summed E-state index contributed by atoms with van der Waals surface area (Å²) in [6, 6.07) is 0. The Morgan fingerprint density at radius 3 is 2.94 bits per heavy atom. The molecule has 0 bridgehead atoms. The maximum absolute atomic E-state index is 11.4. The van der Waals surface area contributed by atoms with Crippen molar-refractivity contribution in [1.29, 1.82) is 0 Å². The Labute approximate surface area is 96.5 Å². The van der Waals surface area contributed by atoms with Crippen LogP contribution >= 0.6 is 0 Å². The average molecular weight is 222 g/mol. The van der Waals surface area contributed by atoms with Crippen LogP contribution in [0.2, 0.25) is 0 Å². The lowest BCUT2D eigenvalue weighted by atomic mass is 9.88. The molecule has 0 saturated heterocycles. The van der Waals surface area contributed by atoms with E-state index in [1.165, 1.54) is 0 Å². The van der Waals surface area contributed by atoms with E-state index in [0.717, 1.165) is 17.6 Å². The van der Waals surface area contributed by atoms with Crippen LogP contribution in [-0.4, -0.2) is 23.3 Å². The molecule has 3 nitrogen and oxygen atoms in total. The maximum atomic E-state index is 11.4. The summed E-state index contributed by atoms with van der Waals surface area (Å²) in [6.45, 7) is 3.79. The van der Waals surface area contributed by atoms with Gasteiger partial charge in [-0.1, -0.05) is 12.8 Å². The first-order valence-corrected chi connectivity index (χ1v) is 5.62. The highest BCUT2D eigenvalue weighted by Crippen LogP contribution is 2.27. The van der Waals surface area contributed by atoms with Gasteiger partial charge in [0, 0.05) is 24.8 Å². The van der Waals surface area contributed by atoms with Gasteiger partial charge in [0.2, 0.25) is 0 Å². The molecule has 88 valence electrons. The molecule has 1 aliphatic rings. The second-order valence-corrected chi connectivity index (χ2v) is 4.13. The van der Waals surface area contributed by atoms with Crippen LogP contribution < -0.4 is 0 Å². The van der Waals surface area contributed by atoms with Crippen LogP contribution in [0.4, 0.5) is 0 Å². The molecule has 0 fully saturated rings. The first kappa shape index (κ1) is 12.8. The number of esters is 1. The molecule has 1 aliphatic carbocycles. The monoisotopic (exact) mass is 222 g/mol. The minimum absolute atomic E-state index is 0.225. The van der Waals surface area contributed by atoms with Crippen LogP contribution in [0, 0.1) is 12.3 Å². The van der Waals surface area contributed by atoms with Crippen LogP contribution in [0.3, 0.4) is 0 Å². The number of aliphatic hydroxyl groups is 1. The zero-order chi connectivity index (χ0) is 12.1. The second kappa shape index (κ2) is 5.72. The number of terminal acetylenes is 1. The SMILES string of the molecule is C#CC1=C(C)[C@@H](OC(=O)CCC)C[C@H](O)C1. The highest BCUT2D eigenvalue weighted by atomic mass is 16.5. The lowest BCUT2D eigenvalue weighted by Crippen LogP contribution is -2.30. The fourth-order valence-corrected chi connectivity index (χ4v) is 1.83. The molecule has 1 rings (SSSR count). The molecule has 0 amide bonds. The second-order valence-electron chi connectivity index (χ2n) is 4.13. The van der Waals surface area contributed by atoms with Gasteiger partial charge in [-0.25, -0.2) is 0 Å². The summed E-state index contributed by atoms with van der Waals surface area (Å²) in [6.07, 6.45) is 6.60. The van der Waals surface area contributed by atoms with E-state index in [1.54, 1.807) is 0 Å². The van der Waals surface area contributed by atoms with Crippen LogP contribution in [-0.2, 0) is 9.53 Å². The fraction of sp³-hybridized carbons (Fsp3) is 0.615. The first-order chi connectivity index (χ1) is 7.58. The molecule has 0 unspecified atom stereocenters. The molecule has 0 heterocycles. The van der Waals surface area contributed by atoms with E-state index in [2.05, 4.69) is 5.92 Å². The smallest absolute Gasteiger partial charge is 0.306 e. The number of hydrogen-bond donors (Lipinski definition) is 1. The Morgan fingerprint density at radius 1 is 1.69 bits per heavy atom. The first-order valence-electron chi connectivity index (χ1n) is 5.62. The Bertz CT molecular complexity index is 336. The van der Waals surface area contributed by atoms with Gasteiger partial charge in [-0.05, 0) is 18.9 Å². The van der Waals surface area contributed by atoms with Gasteiger partial charge in [0.1, 0.15) is 6.10 Å². The number of hydrogen-bond acceptors (Lipinski definition) is 3. The van der Waals surface area contributed by atoms with Crippen LogP contribution in [0.5, 0.6) is 0 Å². The topological polar surface area (TPSA) is 46.5 Å². The molecule has 0 aromatic rings. The summed E-state index contributed by atoms with van der Waals surface area (Å²) in [5, 5.41) is 9.62. The van der Waals surface area contributed by atoms with Crippen molar-refractivity contribution in [3.63, 3.8) is 0 Å². The van der Waals surface area contributed by atoms with Crippen molar-refractivity contribution < 1.29 is 14.6 Å². The summed E-state index contributed by atoms with van der Waals surface area (Å²) in [7, 11) is 0. The van der Waals surface area contributed by atoms with E-state index < -0.39 is 6.10 Å². The highest BCUT2D eigenvalue weighted by Gasteiger charge is 2.27.